The van der Waals surface area contributed by atoms with E-state index in [1.807, 2.05) is 60.7 Å². The van der Waals surface area contributed by atoms with E-state index >= 15 is 0 Å². The van der Waals surface area contributed by atoms with Gasteiger partial charge >= 0.3 is 0 Å². The van der Waals surface area contributed by atoms with Gasteiger partial charge < -0.3 is 4.57 Å². The number of hydrogen-bond donors (Lipinski definition) is 0. The third kappa shape index (κ3) is 5.88. The fourth-order valence-corrected chi connectivity index (χ4v) is 9.17. The van der Waals surface area contributed by atoms with Crippen LogP contribution < -0.4 is 0 Å². The Balaban J connectivity index is 1.05. The van der Waals surface area contributed by atoms with Crippen LogP contribution in [0.5, 0.6) is 0 Å². The third-order valence-corrected chi connectivity index (χ3v) is 12.0. The number of para-hydroxylation sites is 1. The minimum Gasteiger partial charge on any atom is -0.309 e. The van der Waals surface area contributed by atoms with Crippen molar-refractivity contribution in [1.82, 2.24) is 19.5 Å². The zero-order chi connectivity index (χ0) is 40.3. The first-order chi connectivity index (χ1) is 30.2. The molecule has 4 nitrogen and oxygen atoms in total. The molecule has 4 heteroatoms. The van der Waals surface area contributed by atoms with E-state index in [2.05, 4.69) is 162 Å². The monoisotopic (exact) mass is 776 g/mol. The largest absolute Gasteiger partial charge is 0.309 e. The van der Waals surface area contributed by atoms with Gasteiger partial charge in [-0.2, -0.15) is 0 Å². The van der Waals surface area contributed by atoms with Crippen molar-refractivity contribution in [2.45, 2.75) is 0 Å². The standard InChI is InChI=1S/C57H36N4/c1-4-16-37(17-5-1)41-31-33-52-50(36-41)46-25-12-13-28-51(46)61(52)53-29-15-27-48-49-35-42(30-32-45(49)44-24-10-11-26-47(44)54(48)53)40-22-14-23-43(34-40)57-59-55(38-18-6-2-7-19-38)58-56(60-57)39-20-8-3-9-21-39/h1-36H. The lowest BCUT2D eigenvalue weighted by molar-refractivity contribution is 1.07. The summed E-state index contributed by atoms with van der Waals surface area (Å²) in [6.07, 6.45) is 0. The predicted octanol–water partition coefficient (Wildman–Crippen LogP) is 14.8. The van der Waals surface area contributed by atoms with Crippen LogP contribution in [0.3, 0.4) is 0 Å². The second-order valence-corrected chi connectivity index (χ2v) is 15.6. The van der Waals surface area contributed by atoms with Gasteiger partial charge in [0.15, 0.2) is 17.5 Å². The summed E-state index contributed by atoms with van der Waals surface area (Å²) in [7, 11) is 0. The fraction of sp³-hybridized carbons (Fsp3) is 0. The average molecular weight is 777 g/mol. The maximum Gasteiger partial charge on any atom is 0.164 e. The molecule has 12 rings (SSSR count). The summed E-state index contributed by atoms with van der Waals surface area (Å²) < 4.78 is 2.47. The Hall–Kier alpha value is -8.21. The number of benzene rings is 10. The first kappa shape index (κ1) is 34.8. The molecule has 0 aliphatic heterocycles. The lowest BCUT2D eigenvalue weighted by Crippen LogP contribution is -2.00. The smallest absolute Gasteiger partial charge is 0.164 e. The molecule has 0 unspecified atom stereocenters. The molecular weight excluding hydrogens is 741 g/mol. The predicted molar refractivity (Wildman–Crippen MR) is 254 cm³/mol. The van der Waals surface area contributed by atoms with E-state index in [-0.39, 0.29) is 0 Å². The fourth-order valence-electron chi connectivity index (χ4n) is 9.17. The van der Waals surface area contributed by atoms with E-state index in [0.29, 0.717) is 17.5 Å². The number of hydrogen-bond acceptors (Lipinski definition) is 3. The summed E-state index contributed by atoms with van der Waals surface area (Å²) in [6, 6.07) is 77.7. The second-order valence-electron chi connectivity index (χ2n) is 15.6. The van der Waals surface area contributed by atoms with E-state index < -0.39 is 0 Å². The Morgan fingerprint density at radius 2 is 0.689 bits per heavy atom. The van der Waals surface area contributed by atoms with E-state index in [4.69, 9.17) is 15.0 Å². The molecule has 10 aromatic carbocycles. The van der Waals surface area contributed by atoms with E-state index in [1.54, 1.807) is 0 Å². The zero-order valence-electron chi connectivity index (χ0n) is 33.1. The van der Waals surface area contributed by atoms with Crippen molar-refractivity contribution in [3.63, 3.8) is 0 Å². The van der Waals surface area contributed by atoms with Crippen molar-refractivity contribution in [1.29, 1.82) is 0 Å². The van der Waals surface area contributed by atoms with Crippen molar-refractivity contribution < 1.29 is 0 Å². The van der Waals surface area contributed by atoms with Crippen LogP contribution in [0, 0.1) is 0 Å². The molecule has 0 spiro atoms. The number of rotatable bonds is 6. The summed E-state index contributed by atoms with van der Waals surface area (Å²) in [5.41, 5.74) is 11.0. The lowest BCUT2D eigenvalue weighted by atomic mass is 9.91. The van der Waals surface area contributed by atoms with Gasteiger partial charge in [0.1, 0.15) is 0 Å². The molecule has 284 valence electrons. The van der Waals surface area contributed by atoms with Crippen LogP contribution in [0.4, 0.5) is 0 Å². The topological polar surface area (TPSA) is 43.6 Å². The van der Waals surface area contributed by atoms with Gasteiger partial charge in [0.05, 0.1) is 16.7 Å². The number of aromatic nitrogens is 4. The van der Waals surface area contributed by atoms with Gasteiger partial charge in [0, 0.05) is 32.8 Å². The van der Waals surface area contributed by atoms with E-state index in [9.17, 15) is 0 Å². The van der Waals surface area contributed by atoms with Crippen molar-refractivity contribution >= 4 is 54.1 Å². The lowest BCUT2D eigenvalue weighted by Gasteiger charge is -2.17. The van der Waals surface area contributed by atoms with Crippen LogP contribution in [-0.4, -0.2) is 19.5 Å². The molecule has 0 atom stereocenters. The van der Waals surface area contributed by atoms with Gasteiger partial charge in [-0.25, -0.2) is 15.0 Å². The normalized spacial score (nSPS) is 11.6. The molecule has 2 aromatic heterocycles. The summed E-state index contributed by atoms with van der Waals surface area (Å²) in [5.74, 6) is 1.93. The van der Waals surface area contributed by atoms with Crippen LogP contribution in [0.2, 0.25) is 0 Å². The Morgan fingerprint density at radius 1 is 0.246 bits per heavy atom. The molecule has 12 aromatic rings. The van der Waals surface area contributed by atoms with E-state index in [1.165, 1.54) is 70.9 Å². The molecular formula is C57H36N4. The summed E-state index contributed by atoms with van der Waals surface area (Å²) in [4.78, 5) is 15.0. The molecule has 61 heavy (non-hydrogen) atoms. The number of fused-ring (bicyclic) bond motifs is 9. The highest BCUT2D eigenvalue weighted by molar-refractivity contribution is 6.28. The van der Waals surface area contributed by atoms with Gasteiger partial charge in [-0.3, -0.25) is 0 Å². The minimum atomic E-state index is 0.637. The molecule has 0 bridgehead atoms. The molecule has 0 fully saturated rings. The van der Waals surface area contributed by atoms with Gasteiger partial charge in [-0.05, 0) is 85.6 Å². The van der Waals surface area contributed by atoms with Crippen molar-refractivity contribution in [3.8, 4) is 62.1 Å². The Morgan fingerprint density at radius 3 is 1.41 bits per heavy atom. The molecule has 0 radical (unpaired) electrons. The minimum absolute atomic E-state index is 0.637. The highest BCUT2D eigenvalue weighted by Gasteiger charge is 2.19. The van der Waals surface area contributed by atoms with Crippen LogP contribution >= 0.6 is 0 Å². The Labute approximate surface area is 352 Å². The summed E-state index contributed by atoms with van der Waals surface area (Å²) in [6.45, 7) is 0. The molecule has 0 aliphatic rings. The van der Waals surface area contributed by atoms with Gasteiger partial charge in [0.2, 0.25) is 0 Å². The Bertz CT molecular complexity index is 3570. The van der Waals surface area contributed by atoms with E-state index in [0.717, 1.165) is 27.8 Å². The van der Waals surface area contributed by atoms with Crippen LogP contribution in [0.25, 0.3) is 116 Å². The van der Waals surface area contributed by atoms with Gasteiger partial charge in [-0.1, -0.05) is 182 Å². The maximum absolute atomic E-state index is 5.03. The zero-order valence-corrected chi connectivity index (χ0v) is 33.1. The quantitative estimate of drug-likeness (QED) is 0.158. The van der Waals surface area contributed by atoms with Crippen molar-refractivity contribution in [3.05, 3.63) is 218 Å². The molecule has 0 aliphatic carbocycles. The molecule has 0 saturated heterocycles. The maximum atomic E-state index is 5.03. The van der Waals surface area contributed by atoms with Gasteiger partial charge in [-0.15, -0.1) is 0 Å². The van der Waals surface area contributed by atoms with Crippen molar-refractivity contribution in [2.75, 3.05) is 0 Å². The van der Waals surface area contributed by atoms with Gasteiger partial charge in [0.25, 0.3) is 0 Å². The molecule has 0 saturated carbocycles. The second kappa shape index (κ2) is 14.3. The SMILES string of the molecule is c1ccc(-c2ccc3c(c2)c2ccccc2n3-c2cccc3c4cc(-c5cccc(-c6nc(-c7ccccc7)nc(-c7ccccc7)n6)c5)ccc4c4ccccc4c23)cc1. The van der Waals surface area contributed by atoms with Crippen LogP contribution in [-0.2, 0) is 0 Å². The highest BCUT2D eigenvalue weighted by atomic mass is 15.0. The highest BCUT2D eigenvalue weighted by Crippen LogP contribution is 2.43. The first-order valence-electron chi connectivity index (χ1n) is 20.7. The molecule has 2 heterocycles. The third-order valence-electron chi connectivity index (χ3n) is 12.0. The van der Waals surface area contributed by atoms with Crippen LogP contribution in [0.15, 0.2) is 218 Å². The first-order valence-corrected chi connectivity index (χ1v) is 20.7. The summed E-state index contributed by atoms with van der Waals surface area (Å²) in [5, 5.41) is 9.84. The van der Waals surface area contributed by atoms with Crippen molar-refractivity contribution in [2.24, 2.45) is 0 Å². The molecule has 0 amide bonds. The summed E-state index contributed by atoms with van der Waals surface area (Å²) >= 11 is 0. The van der Waals surface area contributed by atoms with Crippen LogP contribution in [0.1, 0.15) is 0 Å². The number of nitrogens with zero attached hydrogens (tertiary/aromatic N) is 4. The Kier molecular flexibility index (Phi) is 8.13. The molecule has 0 N–H and O–H groups in total. The average Bonchev–Trinajstić information content (AvgIpc) is 3.68.